The summed E-state index contributed by atoms with van der Waals surface area (Å²) in [6.07, 6.45) is -0.487. The molecule has 144 valence electrons. The van der Waals surface area contributed by atoms with Crippen LogP contribution in [0, 0.1) is 0 Å². The van der Waals surface area contributed by atoms with Gasteiger partial charge in [0.2, 0.25) is 5.91 Å². The number of hydrogen-bond donors (Lipinski definition) is 1. The second-order valence-electron chi connectivity index (χ2n) is 6.79. The highest BCUT2D eigenvalue weighted by Gasteiger charge is 2.33. The van der Waals surface area contributed by atoms with E-state index < -0.39 is 11.7 Å². The van der Waals surface area contributed by atoms with Crippen LogP contribution in [0.2, 0.25) is 0 Å². The molecular weight excluding hydrogens is 356 g/mol. The highest BCUT2D eigenvalue weighted by atomic mass is 32.2. The van der Waals surface area contributed by atoms with Crippen molar-refractivity contribution >= 4 is 23.8 Å². The van der Waals surface area contributed by atoms with E-state index in [1.165, 1.54) is 0 Å². The average molecular weight is 382 g/mol. The molecule has 0 aromatic heterocycles. The summed E-state index contributed by atoms with van der Waals surface area (Å²) in [6.45, 7) is 6.15. The fourth-order valence-electron chi connectivity index (χ4n) is 2.57. The lowest BCUT2D eigenvalue weighted by atomic mass is 10.2. The number of rotatable bonds is 6. The van der Waals surface area contributed by atoms with Crippen molar-refractivity contribution in [3.63, 3.8) is 0 Å². The summed E-state index contributed by atoms with van der Waals surface area (Å²) < 4.78 is 15.8. The molecule has 1 atom stereocenters. The van der Waals surface area contributed by atoms with Gasteiger partial charge in [0.05, 0.1) is 20.0 Å². The number of benzene rings is 1. The first kappa shape index (κ1) is 20.2. The number of hydrogen-bond acceptors (Lipinski definition) is 6. The molecule has 26 heavy (non-hydrogen) atoms. The van der Waals surface area contributed by atoms with Gasteiger partial charge in [0.25, 0.3) is 0 Å². The third-order valence-electron chi connectivity index (χ3n) is 3.68. The highest BCUT2D eigenvalue weighted by molar-refractivity contribution is 8.00. The van der Waals surface area contributed by atoms with Crippen LogP contribution in [0.15, 0.2) is 18.2 Å². The van der Waals surface area contributed by atoms with E-state index in [1.54, 1.807) is 51.7 Å². The van der Waals surface area contributed by atoms with Crippen molar-refractivity contribution in [2.45, 2.75) is 31.7 Å². The molecule has 1 heterocycles. The first-order chi connectivity index (χ1) is 12.2. The van der Waals surface area contributed by atoms with E-state index in [2.05, 4.69) is 5.32 Å². The Morgan fingerprint density at radius 2 is 1.96 bits per heavy atom. The Morgan fingerprint density at radius 3 is 2.58 bits per heavy atom. The standard InChI is InChI=1S/C18H26N2O5S/c1-18(2,3)25-17(22)19-8-9-20-15(21)11-26-16(20)12-6-7-13(23-4)14(10-12)24-5/h6-7,10,16H,8-9,11H2,1-5H3,(H,19,22). The Labute approximate surface area is 158 Å². The predicted molar refractivity (Wildman–Crippen MR) is 101 cm³/mol. The maximum absolute atomic E-state index is 12.2. The predicted octanol–water partition coefficient (Wildman–Crippen LogP) is 2.80. The van der Waals surface area contributed by atoms with Crippen molar-refractivity contribution in [2.75, 3.05) is 33.1 Å². The molecule has 2 amide bonds. The maximum Gasteiger partial charge on any atom is 0.407 e. The van der Waals surface area contributed by atoms with E-state index in [4.69, 9.17) is 14.2 Å². The molecule has 8 heteroatoms. The van der Waals surface area contributed by atoms with Gasteiger partial charge in [-0.25, -0.2) is 4.79 Å². The van der Waals surface area contributed by atoms with Gasteiger partial charge in [0, 0.05) is 13.1 Å². The first-order valence-electron chi connectivity index (χ1n) is 8.35. The molecule has 1 aromatic rings. The Hall–Kier alpha value is -2.09. The van der Waals surface area contributed by atoms with Gasteiger partial charge in [-0.05, 0) is 38.5 Å². The number of methoxy groups -OCH3 is 2. The normalized spacial score (nSPS) is 17.2. The minimum absolute atomic E-state index is 0.0424. The highest BCUT2D eigenvalue weighted by Crippen LogP contribution is 2.41. The summed E-state index contributed by atoms with van der Waals surface area (Å²) in [7, 11) is 3.16. The topological polar surface area (TPSA) is 77.1 Å². The molecular formula is C18H26N2O5S. The quantitative estimate of drug-likeness (QED) is 0.815. The van der Waals surface area contributed by atoms with Crippen molar-refractivity contribution in [1.29, 1.82) is 0 Å². The third-order valence-corrected chi connectivity index (χ3v) is 4.94. The average Bonchev–Trinajstić information content (AvgIpc) is 2.93. The summed E-state index contributed by atoms with van der Waals surface area (Å²) in [4.78, 5) is 25.7. The number of alkyl carbamates (subject to hydrolysis) is 1. The summed E-state index contributed by atoms with van der Waals surface area (Å²) >= 11 is 1.55. The van der Waals surface area contributed by atoms with E-state index in [-0.39, 0.29) is 11.3 Å². The second kappa shape index (κ2) is 8.53. The molecule has 1 aromatic carbocycles. The lowest BCUT2D eigenvalue weighted by Crippen LogP contribution is -2.39. The molecule has 0 radical (unpaired) electrons. The van der Waals surface area contributed by atoms with Crippen LogP contribution < -0.4 is 14.8 Å². The largest absolute Gasteiger partial charge is 0.493 e. The minimum Gasteiger partial charge on any atom is -0.493 e. The molecule has 7 nitrogen and oxygen atoms in total. The van der Waals surface area contributed by atoms with Crippen molar-refractivity contribution in [3.8, 4) is 11.5 Å². The van der Waals surface area contributed by atoms with Crippen molar-refractivity contribution in [3.05, 3.63) is 23.8 Å². The van der Waals surface area contributed by atoms with E-state index in [0.717, 1.165) is 5.56 Å². The van der Waals surface area contributed by atoms with Crippen molar-refractivity contribution < 1.29 is 23.8 Å². The summed E-state index contributed by atoms with van der Waals surface area (Å²) in [6, 6.07) is 5.63. The molecule has 0 bridgehead atoms. The van der Waals surface area contributed by atoms with Crippen LogP contribution in [0.1, 0.15) is 31.7 Å². The Balaban J connectivity index is 2.01. The number of thioether (sulfide) groups is 1. The van der Waals surface area contributed by atoms with Gasteiger partial charge in [-0.3, -0.25) is 4.79 Å². The van der Waals surface area contributed by atoms with Crippen LogP contribution in [-0.4, -0.2) is 55.6 Å². The second-order valence-corrected chi connectivity index (χ2v) is 7.86. The zero-order valence-corrected chi connectivity index (χ0v) is 16.6. The van der Waals surface area contributed by atoms with Gasteiger partial charge >= 0.3 is 6.09 Å². The molecule has 1 N–H and O–H groups in total. The Bertz CT molecular complexity index is 659. The minimum atomic E-state index is -0.550. The fourth-order valence-corrected chi connectivity index (χ4v) is 3.78. The lowest BCUT2D eigenvalue weighted by molar-refractivity contribution is -0.128. The fraction of sp³-hybridized carbons (Fsp3) is 0.556. The number of ether oxygens (including phenoxy) is 3. The van der Waals surface area contributed by atoms with E-state index >= 15 is 0 Å². The molecule has 1 aliphatic heterocycles. The third kappa shape index (κ3) is 5.20. The number of carbonyl (C=O) groups is 2. The van der Waals surface area contributed by atoms with E-state index in [1.807, 2.05) is 18.2 Å². The SMILES string of the molecule is COc1ccc(C2SCC(=O)N2CCNC(=O)OC(C)(C)C)cc1OC. The number of carbonyl (C=O) groups excluding carboxylic acids is 2. The van der Waals surface area contributed by atoms with Gasteiger partial charge < -0.3 is 24.4 Å². The van der Waals surface area contributed by atoms with Crippen LogP contribution in [0.3, 0.4) is 0 Å². The molecule has 0 spiro atoms. The number of nitrogens with zero attached hydrogens (tertiary/aromatic N) is 1. The van der Waals surface area contributed by atoms with E-state index in [9.17, 15) is 9.59 Å². The molecule has 0 aliphatic carbocycles. The van der Waals surface area contributed by atoms with Crippen LogP contribution in [-0.2, 0) is 9.53 Å². The molecule has 1 fully saturated rings. The summed E-state index contributed by atoms with van der Waals surface area (Å²) in [5, 5.41) is 2.57. The zero-order chi connectivity index (χ0) is 19.3. The maximum atomic E-state index is 12.2. The smallest absolute Gasteiger partial charge is 0.407 e. The Morgan fingerprint density at radius 1 is 1.27 bits per heavy atom. The molecule has 1 aliphatic rings. The Kier molecular flexibility index (Phi) is 6.63. The van der Waals surface area contributed by atoms with Crippen LogP contribution in [0.4, 0.5) is 4.79 Å². The summed E-state index contributed by atoms with van der Waals surface area (Å²) in [5.74, 6) is 1.71. The van der Waals surface area contributed by atoms with Crippen LogP contribution in [0.5, 0.6) is 11.5 Å². The number of nitrogens with one attached hydrogen (secondary N) is 1. The number of amides is 2. The monoisotopic (exact) mass is 382 g/mol. The van der Waals surface area contributed by atoms with Gasteiger partial charge in [0.1, 0.15) is 11.0 Å². The van der Waals surface area contributed by atoms with Gasteiger partial charge in [-0.1, -0.05) is 6.07 Å². The van der Waals surface area contributed by atoms with Gasteiger partial charge in [-0.2, -0.15) is 0 Å². The van der Waals surface area contributed by atoms with E-state index in [0.29, 0.717) is 30.3 Å². The van der Waals surface area contributed by atoms with Gasteiger partial charge in [-0.15, -0.1) is 11.8 Å². The lowest BCUT2D eigenvalue weighted by Gasteiger charge is -2.25. The molecule has 1 saturated heterocycles. The zero-order valence-electron chi connectivity index (χ0n) is 15.8. The summed E-state index contributed by atoms with van der Waals surface area (Å²) in [5.41, 5.74) is 0.404. The van der Waals surface area contributed by atoms with Crippen molar-refractivity contribution in [2.24, 2.45) is 0 Å². The van der Waals surface area contributed by atoms with Crippen LogP contribution in [0.25, 0.3) is 0 Å². The van der Waals surface area contributed by atoms with Crippen LogP contribution >= 0.6 is 11.8 Å². The molecule has 2 rings (SSSR count). The van der Waals surface area contributed by atoms with Gasteiger partial charge in [0.15, 0.2) is 11.5 Å². The molecule has 0 saturated carbocycles. The molecule has 1 unspecified atom stereocenters. The first-order valence-corrected chi connectivity index (χ1v) is 9.40. The van der Waals surface area contributed by atoms with Crippen molar-refractivity contribution in [1.82, 2.24) is 10.2 Å².